The fourth-order valence-electron chi connectivity index (χ4n) is 1.31. The Balaban J connectivity index is 2.58. The van der Waals surface area contributed by atoms with E-state index in [-0.39, 0.29) is 11.4 Å². The van der Waals surface area contributed by atoms with Gasteiger partial charge in [-0.25, -0.2) is 0 Å². The molecular weight excluding hydrogens is 178 g/mol. The molecule has 0 aliphatic rings. The molecule has 0 atom stereocenters. The highest BCUT2D eigenvalue weighted by molar-refractivity contribution is 5.67. The fourth-order valence-corrected chi connectivity index (χ4v) is 1.31. The molecule has 1 aromatic heterocycles. The van der Waals surface area contributed by atoms with Gasteiger partial charge >= 0.3 is 0 Å². The van der Waals surface area contributed by atoms with Crippen LogP contribution in [0.25, 0.3) is 11.1 Å². The Morgan fingerprint density at radius 2 is 1.71 bits per heavy atom. The van der Waals surface area contributed by atoms with E-state index >= 15 is 0 Å². The van der Waals surface area contributed by atoms with E-state index in [0.717, 1.165) is 5.56 Å². The molecule has 3 nitrogen and oxygen atoms in total. The largest absolute Gasteiger partial charge is 0.494 e. The van der Waals surface area contributed by atoms with E-state index in [1.165, 1.54) is 6.07 Å². The first kappa shape index (κ1) is 8.56. The molecule has 2 rings (SSSR count). The van der Waals surface area contributed by atoms with Gasteiger partial charge < -0.3 is 5.11 Å². The summed E-state index contributed by atoms with van der Waals surface area (Å²) in [5, 5.41) is 9.49. The molecule has 0 radical (unpaired) electrons. The Hall–Kier alpha value is -2.03. The lowest BCUT2D eigenvalue weighted by Gasteiger charge is -2.02. The molecule has 2 aromatic rings. The van der Waals surface area contributed by atoms with Gasteiger partial charge in [0.15, 0.2) is 5.88 Å². The Kier molecular flexibility index (Phi) is 2.07. The first-order valence-corrected chi connectivity index (χ1v) is 4.25. The zero-order chi connectivity index (χ0) is 9.97. The Labute approximate surface area is 80.7 Å². The van der Waals surface area contributed by atoms with Gasteiger partial charge in [-0.05, 0) is 11.6 Å². The van der Waals surface area contributed by atoms with Crippen molar-refractivity contribution in [3.8, 4) is 17.0 Å². The number of H-pyrrole nitrogens is 1. The summed E-state index contributed by atoms with van der Waals surface area (Å²) in [7, 11) is 0. The van der Waals surface area contributed by atoms with Gasteiger partial charge in [-0.1, -0.05) is 30.3 Å². The third kappa shape index (κ3) is 1.52. The summed E-state index contributed by atoms with van der Waals surface area (Å²) >= 11 is 0. The van der Waals surface area contributed by atoms with Crippen molar-refractivity contribution in [3.05, 3.63) is 52.8 Å². The van der Waals surface area contributed by atoms with Gasteiger partial charge in [-0.2, -0.15) is 0 Å². The molecule has 14 heavy (non-hydrogen) atoms. The van der Waals surface area contributed by atoms with E-state index in [1.807, 2.05) is 30.3 Å². The van der Waals surface area contributed by atoms with Gasteiger partial charge in [-0.3, -0.25) is 9.78 Å². The summed E-state index contributed by atoms with van der Waals surface area (Å²) in [4.78, 5) is 13.2. The monoisotopic (exact) mass is 187 g/mol. The fraction of sp³-hybridized carbons (Fsp3) is 0. The van der Waals surface area contributed by atoms with Crippen LogP contribution < -0.4 is 5.56 Å². The van der Waals surface area contributed by atoms with E-state index in [4.69, 9.17) is 0 Å². The lowest BCUT2D eigenvalue weighted by Crippen LogP contribution is -2.02. The number of rotatable bonds is 1. The van der Waals surface area contributed by atoms with Crippen molar-refractivity contribution in [2.75, 3.05) is 0 Å². The van der Waals surface area contributed by atoms with Crippen molar-refractivity contribution in [2.24, 2.45) is 0 Å². The zero-order valence-corrected chi connectivity index (χ0v) is 7.40. The molecule has 1 heterocycles. The molecule has 0 fully saturated rings. The number of hydrogen-bond donors (Lipinski definition) is 2. The average Bonchev–Trinajstić information content (AvgIpc) is 2.19. The summed E-state index contributed by atoms with van der Waals surface area (Å²) in [6.45, 7) is 0. The van der Waals surface area contributed by atoms with Crippen LogP contribution >= 0.6 is 0 Å². The van der Waals surface area contributed by atoms with Crippen LogP contribution in [0.5, 0.6) is 5.88 Å². The van der Waals surface area contributed by atoms with Gasteiger partial charge in [0.25, 0.3) is 5.56 Å². The number of aromatic amines is 1. The van der Waals surface area contributed by atoms with Gasteiger partial charge in [-0.15, -0.1) is 0 Å². The minimum absolute atomic E-state index is 0.0938. The Bertz CT molecular complexity index is 488. The van der Waals surface area contributed by atoms with Crippen LogP contribution in [0.2, 0.25) is 0 Å². The maximum absolute atomic E-state index is 10.9. The van der Waals surface area contributed by atoms with Crippen molar-refractivity contribution in [2.45, 2.75) is 0 Å². The van der Waals surface area contributed by atoms with Crippen molar-refractivity contribution in [3.63, 3.8) is 0 Å². The third-order valence-electron chi connectivity index (χ3n) is 1.98. The molecule has 0 saturated carbocycles. The molecule has 0 saturated heterocycles. The van der Waals surface area contributed by atoms with E-state index in [0.29, 0.717) is 5.56 Å². The van der Waals surface area contributed by atoms with Crippen LogP contribution in [0.3, 0.4) is 0 Å². The molecule has 1 aromatic carbocycles. The molecule has 0 aliphatic heterocycles. The number of nitrogens with one attached hydrogen (secondary N) is 1. The van der Waals surface area contributed by atoms with E-state index in [9.17, 15) is 9.90 Å². The van der Waals surface area contributed by atoms with Crippen LogP contribution in [0.4, 0.5) is 0 Å². The smallest absolute Gasteiger partial charge is 0.250 e. The second-order valence-electron chi connectivity index (χ2n) is 2.95. The number of benzene rings is 1. The molecular formula is C11H9NO2. The van der Waals surface area contributed by atoms with Crippen LogP contribution in [0.15, 0.2) is 47.3 Å². The van der Waals surface area contributed by atoms with Crippen LogP contribution in [-0.4, -0.2) is 10.1 Å². The molecule has 2 N–H and O–H groups in total. The van der Waals surface area contributed by atoms with Gasteiger partial charge in [0.05, 0.1) is 0 Å². The topological polar surface area (TPSA) is 53.1 Å². The minimum atomic E-state index is -0.304. The molecule has 0 spiro atoms. The van der Waals surface area contributed by atoms with Crippen LogP contribution in [0.1, 0.15) is 0 Å². The zero-order valence-electron chi connectivity index (χ0n) is 7.40. The second kappa shape index (κ2) is 3.38. The summed E-state index contributed by atoms with van der Waals surface area (Å²) in [5.41, 5.74) is 1.20. The molecule has 0 aliphatic carbocycles. The predicted molar refractivity (Wildman–Crippen MR) is 54.2 cm³/mol. The van der Waals surface area contributed by atoms with Crippen LogP contribution in [-0.2, 0) is 0 Å². The van der Waals surface area contributed by atoms with Crippen molar-refractivity contribution in [1.29, 1.82) is 0 Å². The molecule has 70 valence electrons. The highest BCUT2D eigenvalue weighted by Gasteiger charge is 2.02. The maximum atomic E-state index is 10.9. The Morgan fingerprint density at radius 3 is 2.36 bits per heavy atom. The predicted octanol–water partition coefficient (Wildman–Crippen LogP) is 1.75. The third-order valence-corrected chi connectivity index (χ3v) is 1.98. The highest BCUT2D eigenvalue weighted by Crippen LogP contribution is 2.24. The van der Waals surface area contributed by atoms with Gasteiger partial charge in [0.2, 0.25) is 0 Å². The summed E-state index contributed by atoms with van der Waals surface area (Å²) in [5.74, 6) is -0.0938. The van der Waals surface area contributed by atoms with E-state index in [2.05, 4.69) is 4.98 Å². The number of pyridine rings is 1. The first-order chi connectivity index (χ1) is 6.77. The summed E-state index contributed by atoms with van der Waals surface area (Å²) in [6, 6.07) is 12.4. The van der Waals surface area contributed by atoms with Crippen molar-refractivity contribution < 1.29 is 5.11 Å². The van der Waals surface area contributed by atoms with Crippen LogP contribution in [0, 0.1) is 0 Å². The Morgan fingerprint density at radius 1 is 1.00 bits per heavy atom. The summed E-state index contributed by atoms with van der Waals surface area (Å²) < 4.78 is 0. The van der Waals surface area contributed by atoms with Gasteiger partial charge in [0, 0.05) is 11.6 Å². The lowest BCUT2D eigenvalue weighted by molar-refractivity contribution is 0.454. The SMILES string of the molecule is O=c1ccc(-c2ccccc2)c(O)[nH]1. The minimum Gasteiger partial charge on any atom is -0.494 e. The second-order valence-corrected chi connectivity index (χ2v) is 2.95. The standard InChI is InChI=1S/C11H9NO2/c13-10-7-6-9(11(14)12-10)8-4-2-1-3-5-8/h1-7H,(H2,12,13,14). The number of aromatic hydroxyl groups is 1. The normalized spacial score (nSPS) is 10.0. The highest BCUT2D eigenvalue weighted by atomic mass is 16.3. The molecule has 0 unspecified atom stereocenters. The maximum Gasteiger partial charge on any atom is 0.250 e. The molecule has 0 bridgehead atoms. The quantitative estimate of drug-likeness (QED) is 0.714. The molecule has 0 amide bonds. The molecule has 3 heteroatoms. The summed E-state index contributed by atoms with van der Waals surface area (Å²) in [6.07, 6.45) is 0. The first-order valence-electron chi connectivity index (χ1n) is 4.25. The lowest BCUT2D eigenvalue weighted by atomic mass is 10.1. The van der Waals surface area contributed by atoms with E-state index < -0.39 is 0 Å². The average molecular weight is 187 g/mol. The van der Waals surface area contributed by atoms with E-state index in [1.54, 1.807) is 6.07 Å². The van der Waals surface area contributed by atoms with Crippen molar-refractivity contribution in [1.82, 2.24) is 4.98 Å². The number of hydrogen-bond acceptors (Lipinski definition) is 2. The van der Waals surface area contributed by atoms with Crippen molar-refractivity contribution >= 4 is 0 Å². The van der Waals surface area contributed by atoms with Gasteiger partial charge in [0.1, 0.15) is 0 Å². The number of aromatic nitrogens is 1.